The lowest BCUT2D eigenvalue weighted by Crippen LogP contribution is -2.35. The Kier molecular flexibility index (Phi) is 5.69. The average molecular weight is 230 g/mol. The standard InChI is InChI=1S/C12H26N2O2/c1-9(2)10(5-13)6-14-7-11(15-3)12(8-14)16-4/h9-12H,5-8,13H2,1-4H3. The third kappa shape index (κ3) is 3.42. The van der Waals surface area contributed by atoms with E-state index in [1.807, 2.05) is 0 Å². The fourth-order valence-electron chi connectivity index (χ4n) is 2.31. The van der Waals surface area contributed by atoms with Gasteiger partial charge in [0.25, 0.3) is 0 Å². The van der Waals surface area contributed by atoms with Crippen molar-refractivity contribution in [3.8, 4) is 0 Å². The van der Waals surface area contributed by atoms with Gasteiger partial charge in [0, 0.05) is 33.9 Å². The lowest BCUT2D eigenvalue weighted by molar-refractivity contribution is -0.00461. The van der Waals surface area contributed by atoms with Gasteiger partial charge in [-0.25, -0.2) is 0 Å². The Balaban J connectivity index is 2.45. The number of ether oxygens (including phenoxy) is 2. The van der Waals surface area contributed by atoms with Crippen LogP contribution in [0, 0.1) is 11.8 Å². The monoisotopic (exact) mass is 230 g/mol. The molecule has 1 saturated heterocycles. The second kappa shape index (κ2) is 6.55. The van der Waals surface area contributed by atoms with Crippen molar-refractivity contribution < 1.29 is 9.47 Å². The van der Waals surface area contributed by atoms with Gasteiger partial charge in [-0.1, -0.05) is 13.8 Å². The van der Waals surface area contributed by atoms with Crippen LogP contribution < -0.4 is 5.73 Å². The molecule has 1 rings (SSSR count). The number of hydrogen-bond donors (Lipinski definition) is 1. The zero-order valence-electron chi connectivity index (χ0n) is 11.0. The Morgan fingerprint density at radius 1 is 1.19 bits per heavy atom. The highest BCUT2D eigenvalue weighted by atomic mass is 16.5. The van der Waals surface area contributed by atoms with Crippen LogP contribution in [0.2, 0.25) is 0 Å². The predicted molar refractivity (Wildman–Crippen MR) is 65.4 cm³/mol. The maximum Gasteiger partial charge on any atom is 0.0971 e. The van der Waals surface area contributed by atoms with Gasteiger partial charge in [-0.3, -0.25) is 4.90 Å². The number of likely N-dealkylation sites (tertiary alicyclic amines) is 1. The number of methoxy groups -OCH3 is 2. The fourth-order valence-corrected chi connectivity index (χ4v) is 2.31. The third-order valence-corrected chi connectivity index (χ3v) is 3.63. The van der Waals surface area contributed by atoms with E-state index in [0.29, 0.717) is 11.8 Å². The van der Waals surface area contributed by atoms with Crippen LogP contribution >= 0.6 is 0 Å². The zero-order chi connectivity index (χ0) is 12.1. The van der Waals surface area contributed by atoms with Crippen LogP contribution in [-0.4, -0.2) is 57.5 Å². The second-order valence-electron chi connectivity index (χ2n) is 5.01. The first-order valence-corrected chi connectivity index (χ1v) is 6.10. The number of nitrogens with two attached hydrogens (primary N) is 1. The second-order valence-corrected chi connectivity index (χ2v) is 5.01. The van der Waals surface area contributed by atoms with Crippen molar-refractivity contribution in [2.75, 3.05) is 40.4 Å². The highest BCUT2D eigenvalue weighted by Crippen LogP contribution is 2.19. The van der Waals surface area contributed by atoms with Crippen molar-refractivity contribution in [3.63, 3.8) is 0 Å². The zero-order valence-corrected chi connectivity index (χ0v) is 11.0. The van der Waals surface area contributed by atoms with Gasteiger partial charge in [0.15, 0.2) is 0 Å². The minimum atomic E-state index is 0.204. The van der Waals surface area contributed by atoms with Crippen molar-refractivity contribution in [2.45, 2.75) is 26.1 Å². The number of rotatable bonds is 6. The summed E-state index contributed by atoms with van der Waals surface area (Å²) in [7, 11) is 3.51. The molecule has 0 saturated carbocycles. The summed E-state index contributed by atoms with van der Waals surface area (Å²) < 4.78 is 10.8. The SMILES string of the molecule is COC1CN(CC(CN)C(C)C)CC1OC. The van der Waals surface area contributed by atoms with E-state index in [1.165, 1.54) is 0 Å². The van der Waals surface area contributed by atoms with Crippen molar-refractivity contribution in [2.24, 2.45) is 17.6 Å². The first-order valence-electron chi connectivity index (χ1n) is 6.10. The molecule has 1 aliphatic rings. The summed E-state index contributed by atoms with van der Waals surface area (Å²) in [6.45, 7) is 8.18. The summed E-state index contributed by atoms with van der Waals surface area (Å²) in [6, 6.07) is 0. The molecule has 16 heavy (non-hydrogen) atoms. The Labute approximate surface area is 99.1 Å². The highest BCUT2D eigenvalue weighted by Gasteiger charge is 2.33. The Bertz CT molecular complexity index is 187. The van der Waals surface area contributed by atoms with Crippen molar-refractivity contribution in [1.82, 2.24) is 4.90 Å². The quantitative estimate of drug-likeness (QED) is 0.724. The van der Waals surface area contributed by atoms with Gasteiger partial charge >= 0.3 is 0 Å². The van der Waals surface area contributed by atoms with Crippen LogP contribution in [0.15, 0.2) is 0 Å². The molecule has 0 amide bonds. The first-order chi connectivity index (χ1) is 7.62. The predicted octanol–water partition coefficient (Wildman–Crippen LogP) is 0.563. The summed E-state index contributed by atoms with van der Waals surface area (Å²) in [6.07, 6.45) is 0.408. The number of hydrogen-bond acceptors (Lipinski definition) is 4. The van der Waals surface area contributed by atoms with Gasteiger partial charge in [0.1, 0.15) is 0 Å². The molecular formula is C12H26N2O2. The Hall–Kier alpha value is -0.160. The molecule has 0 bridgehead atoms. The van der Waals surface area contributed by atoms with Crippen molar-refractivity contribution in [1.29, 1.82) is 0 Å². The average Bonchev–Trinajstić information content (AvgIpc) is 2.67. The molecule has 1 heterocycles. The molecule has 3 unspecified atom stereocenters. The fraction of sp³-hybridized carbons (Fsp3) is 1.00. The van der Waals surface area contributed by atoms with Gasteiger partial charge in [-0.15, -0.1) is 0 Å². The molecule has 96 valence electrons. The molecule has 0 aromatic carbocycles. The lowest BCUT2D eigenvalue weighted by atomic mass is 9.95. The van der Waals surface area contributed by atoms with Crippen LogP contribution in [0.5, 0.6) is 0 Å². The minimum absolute atomic E-state index is 0.204. The molecule has 0 spiro atoms. The Morgan fingerprint density at radius 3 is 2.00 bits per heavy atom. The van der Waals surface area contributed by atoms with E-state index in [1.54, 1.807) is 14.2 Å². The van der Waals surface area contributed by atoms with Gasteiger partial charge in [-0.05, 0) is 18.4 Å². The van der Waals surface area contributed by atoms with Gasteiger partial charge < -0.3 is 15.2 Å². The summed E-state index contributed by atoms with van der Waals surface area (Å²) in [4.78, 5) is 2.40. The van der Waals surface area contributed by atoms with Gasteiger partial charge in [0.2, 0.25) is 0 Å². The summed E-state index contributed by atoms with van der Waals surface area (Å²) >= 11 is 0. The van der Waals surface area contributed by atoms with E-state index in [9.17, 15) is 0 Å². The van der Waals surface area contributed by atoms with E-state index in [0.717, 1.165) is 26.2 Å². The molecular weight excluding hydrogens is 204 g/mol. The van der Waals surface area contributed by atoms with Gasteiger partial charge in [0.05, 0.1) is 12.2 Å². The maximum absolute atomic E-state index is 5.80. The van der Waals surface area contributed by atoms with Crippen molar-refractivity contribution in [3.05, 3.63) is 0 Å². The molecule has 3 atom stereocenters. The highest BCUT2D eigenvalue weighted by molar-refractivity contribution is 4.87. The Morgan fingerprint density at radius 2 is 1.69 bits per heavy atom. The summed E-state index contributed by atoms with van der Waals surface area (Å²) in [5, 5.41) is 0. The lowest BCUT2D eigenvalue weighted by Gasteiger charge is -2.25. The summed E-state index contributed by atoms with van der Waals surface area (Å²) in [5.74, 6) is 1.20. The third-order valence-electron chi connectivity index (χ3n) is 3.63. The molecule has 1 aliphatic heterocycles. The van der Waals surface area contributed by atoms with E-state index < -0.39 is 0 Å². The first kappa shape index (κ1) is 13.9. The van der Waals surface area contributed by atoms with Crippen LogP contribution in [-0.2, 0) is 9.47 Å². The molecule has 0 aliphatic carbocycles. The van der Waals surface area contributed by atoms with E-state index >= 15 is 0 Å². The molecule has 0 aromatic rings. The van der Waals surface area contributed by atoms with Crippen LogP contribution in [0.25, 0.3) is 0 Å². The molecule has 1 fully saturated rings. The molecule has 0 aromatic heterocycles. The molecule has 4 nitrogen and oxygen atoms in total. The molecule has 2 N–H and O–H groups in total. The van der Waals surface area contributed by atoms with Gasteiger partial charge in [-0.2, -0.15) is 0 Å². The number of nitrogens with zero attached hydrogens (tertiary/aromatic N) is 1. The molecule has 4 heteroatoms. The topological polar surface area (TPSA) is 47.7 Å². The van der Waals surface area contributed by atoms with Crippen molar-refractivity contribution >= 4 is 0 Å². The minimum Gasteiger partial charge on any atom is -0.377 e. The largest absolute Gasteiger partial charge is 0.377 e. The molecule has 0 radical (unpaired) electrons. The van der Waals surface area contributed by atoms with E-state index in [4.69, 9.17) is 15.2 Å². The van der Waals surface area contributed by atoms with Crippen LogP contribution in [0.4, 0.5) is 0 Å². The summed E-state index contributed by atoms with van der Waals surface area (Å²) in [5.41, 5.74) is 5.80. The maximum atomic E-state index is 5.80. The normalized spacial score (nSPS) is 28.9. The van der Waals surface area contributed by atoms with E-state index in [-0.39, 0.29) is 12.2 Å². The van der Waals surface area contributed by atoms with E-state index in [2.05, 4.69) is 18.7 Å². The smallest absolute Gasteiger partial charge is 0.0971 e. The van der Waals surface area contributed by atoms with Crippen LogP contribution in [0.1, 0.15) is 13.8 Å². The van der Waals surface area contributed by atoms with Crippen LogP contribution in [0.3, 0.4) is 0 Å².